The summed E-state index contributed by atoms with van der Waals surface area (Å²) in [7, 11) is 3.15. The molecule has 2 aliphatic heterocycles. The fourth-order valence-electron chi connectivity index (χ4n) is 3.48. The predicted octanol–water partition coefficient (Wildman–Crippen LogP) is 0.0620. The lowest BCUT2D eigenvalue weighted by Crippen LogP contribution is -2.43. The molecule has 0 radical (unpaired) electrons. The summed E-state index contributed by atoms with van der Waals surface area (Å²) in [5.41, 5.74) is 0.912. The van der Waals surface area contributed by atoms with Gasteiger partial charge in [0.15, 0.2) is 11.5 Å². The van der Waals surface area contributed by atoms with E-state index in [1.807, 2.05) is 23.1 Å². The monoisotopic (exact) mass is 352 g/mol. The molecule has 1 aromatic carbocycles. The number of ether oxygens (including phenoxy) is 3. The van der Waals surface area contributed by atoms with Crippen molar-refractivity contribution < 1.29 is 29.2 Å². The van der Waals surface area contributed by atoms with Gasteiger partial charge in [0, 0.05) is 19.6 Å². The fourth-order valence-corrected chi connectivity index (χ4v) is 3.48. The van der Waals surface area contributed by atoms with Crippen LogP contribution in [0, 0.1) is 0 Å². The Labute approximate surface area is 146 Å². The number of aliphatic hydroxyl groups is 2. The lowest BCUT2D eigenvalue weighted by Gasteiger charge is -2.26. The van der Waals surface area contributed by atoms with Crippen LogP contribution in [0.2, 0.25) is 0 Å². The highest BCUT2D eigenvalue weighted by molar-refractivity contribution is 5.71. The van der Waals surface area contributed by atoms with Gasteiger partial charge in [0.1, 0.15) is 6.10 Å². The molecule has 2 atom stereocenters. The quantitative estimate of drug-likeness (QED) is 0.717. The highest BCUT2D eigenvalue weighted by atomic mass is 16.6. The van der Waals surface area contributed by atoms with Gasteiger partial charge < -0.3 is 24.4 Å². The normalized spacial score (nSPS) is 23.1. The number of carbonyl (C=O) groups is 1. The number of carbonyl (C=O) groups excluding carboxylic acids is 1. The number of rotatable bonds is 7. The van der Waals surface area contributed by atoms with Gasteiger partial charge in [-0.2, -0.15) is 0 Å². The molecule has 8 heteroatoms. The van der Waals surface area contributed by atoms with Crippen LogP contribution in [0.25, 0.3) is 0 Å². The number of nitrogens with zero attached hydrogens (tertiary/aromatic N) is 2. The second kappa shape index (κ2) is 7.47. The molecule has 0 spiro atoms. The molecule has 25 heavy (non-hydrogen) atoms. The maximum Gasteiger partial charge on any atom is 0.410 e. The molecule has 2 fully saturated rings. The highest BCUT2D eigenvalue weighted by Crippen LogP contribution is 2.32. The molecule has 0 unspecified atom stereocenters. The molecule has 0 aliphatic carbocycles. The molecule has 0 bridgehead atoms. The van der Waals surface area contributed by atoms with E-state index in [-0.39, 0.29) is 37.5 Å². The van der Waals surface area contributed by atoms with Gasteiger partial charge in [0.25, 0.3) is 0 Å². The van der Waals surface area contributed by atoms with Gasteiger partial charge in [0.2, 0.25) is 0 Å². The van der Waals surface area contributed by atoms with Crippen LogP contribution in [0.5, 0.6) is 11.5 Å². The molecule has 2 aliphatic rings. The lowest BCUT2D eigenvalue weighted by molar-refractivity contribution is 0.0662. The summed E-state index contributed by atoms with van der Waals surface area (Å²) in [4.78, 5) is 15.9. The van der Waals surface area contributed by atoms with Crippen LogP contribution in [0.15, 0.2) is 18.2 Å². The zero-order chi connectivity index (χ0) is 18.0. The minimum Gasteiger partial charge on any atom is -0.493 e. The predicted molar refractivity (Wildman–Crippen MR) is 88.7 cm³/mol. The minimum atomic E-state index is -0.339. The third kappa shape index (κ3) is 3.37. The summed E-state index contributed by atoms with van der Waals surface area (Å²) in [6.45, 7) is 1.23. The van der Waals surface area contributed by atoms with Gasteiger partial charge >= 0.3 is 6.09 Å². The van der Waals surface area contributed by atoms with Crippen molar-refractivity contribution in [2.75, 3.05) is 40.5 Å². The SMILES string of the molecule is COc1ccc(CN2C(=O)O[C@H]3CN(C(CO)CO)C[C@H]32)cc1OC. The van der Waals surface area contributed by atoms with Crippen LogP contribution in [0.1, 0.15) is 5.56 Å². The Balaban J connectivity index is 1.73. The topological polar surface area (TPSA) is 91.7 Å². The van der Waals surface area contributed by atoms with Crippen molar-refractivity contribution in [1.82, 2.24) is 9.80 Å². The van der Waals surface area contributed by atoms with Gasteiger partial charge in [-0.05, 0) is 17.7 Å². The maximum atomic E-state index is 12.2. The average Bonchev–Trinajstić information content (AvgIpc) is 3.14. The van der Waals surface area contributed by atoms with Crippen molar-refractivity contribution in [3.8, 4) is 11.5 Å². The second-order valence-electron chi connectivity index (χ2n) is 6.28. The standard InChI is InChI=1S/C17H24N2O6/c1-23-14-4-3-11(5-15(14)24-2)6-19-13-7-18(12(9-20)10-21)8-16(13)25-17(19)22/h3-5,12-13,16,20-21H,6-10H2,1-2H3/t13-,16+/m1/s1. The van der Waals surface area contributed by atoms with Gasteiger partial charge in [-0.3, -0.25) is 9.80 Å². The van der Waals surface area contributed by atoms with Crippen LogP contribution in [-0.4, -0.2) is 84.8 Å². The number of aliphatic hydroxyl groups excluding tert-OH is 2. The van der Waals surface area contributed by atoms with E-state index in [1.54, 1.807) is 19.1 Å². The molecular formula is C17H24N2O6. The van der Waals surface area contributed by atoms with Crippen molar-refractivity contribution in [1.29, 1.82) is 0 Å². The molecule has 0 saturated carbocycles. The zero-order valence-corrected chi connectivity index (χ0v) is 14.4. The van der Waals surface area contributed by atoms with Gasteiger partial charge in [-0.15, -0.1) is 0 Å². The van der Waals surface area contributed by atoms with E-state index in [2.05, 4.69) is 0 Å². The third-order valence-corrected chi connectivity index (χ3v) is 4.89. The van der Waals surface area contributed by atoms with Crippen LogP contribution < -0.4 is 9.47 Å². The Morgan fingerprint density at radius 2 is 1.92 bits per heavy atom. The summed E-state index contributed by atoms with van der Waals surface area (Å²) >= 11 is 0. The average molecular weight is 352 g/mol. The number of methoxy groups -OCH3 is 2. The number of fused-ring (bicyclic) bond motifs is 1. The first-order chi connectivity index (χ1) is 12.1. The molecule has 2 N–H and O–H groups in total. The summed E-state index contributed by atoms with van der Waals surface area (Å²) in [6.07, 6.45) is -0.581. The minimum absolute atomic E-state index is 0.0961. The van der Waals surface area contributed by atoms with Crippen LogP contribution in [0.4, 0.5) is 4.79 Å². The second-order valence-corrected chi connectivity index (χ2v) is 6.28. The maximum absolute atomic E-state index is 12.2. The van der Waals surface area contributed by atoms with Crippen molar-refractivity contribution in [2.24, 2.45) is 0 Å². The molecule has 2 saturated heterocycles. The summed E-state index contributed by atoms with van der Waals surface area (Å²) in [5, 5.41) is 18.7. The Kier molecular flexibility index (Phi) is 5.31. The molecule has 2 heterocycles. The van der Waals surface area contributed by atoms with E-state index in [0.717, 1.165) is 5.56 Å². The van der Waals surface area contributed by atoms with Gasteiger partial charge in [0.05, 0.1) is 39.5 Å². The van der Waals surface area contributed by atoms with E-state index in [9.17, 15) is 15.0 Å². The van der Waals surface area contributed by atoms with Crippen molar-refractivity contribution in [3.05, 3.63) is 23.8 Å². The largest absolute Gasteiger partial charge is 0.493 e. The number of likely N-dealkylation sites (tertiary alicyclic amines) is 1. The van der Waals surface area contributed by atoms with Gasteiger partial charge in [-0.1, -0.05) is 6.07 Å². The first-order valence-electron chi connectivity index (χ1n) is 8.25. The first-order valence-corrected chi connectivity index (χ1v) is 8.25. The van der Waals surface area contributed by atoms with Gasteiger partial charge in [-0.25, -0.2) is 4.79 Å². The third-order valence-electron chi connectivity index (χ3n) is 4.89. The molecule has 138 valence electrons. The number of hydrogen-bond donors (Lipinski definition) is 2. The van der Waals surface area contributed by atoms with Crippen molar-refractivity contribution in [2.45, 2.75) is 24.7 Å². The molecule has 1 aromatic rings. The van der Waals surface area contributed by atoms with E-state index in [4.69, 9.17) is 14.2 Å². The van der Waals surface area contributed by atoms with Crippen LogP contribution in [-0.2, 0) is 11.3 Å². The summed E-state index contributed by atoms with van der Waals surface area (Å²) in [5.74, 6) is 1.24. The van der Waals surface area contributed by atoms with Crippen molar-refractivity contribution in [3.63, 3.8) is 0 Å². The van der Waals surface area contributed by atoms with E-state index in [0.29, 0.717) is 31.1 Å². The van der Waals surface area contributed by atoms with Crippen LogP contribution >= 0.6 is 0 Å². The van der Waals surface area contributed by atoms with E-state index < -0.39 is 0 Å². The number of benzene rings is 1. The smallest absolute Gasteiger partial charge is 0.410 e. The number of hydrogen-bond acceptors (Lipinski definition) is 7. The highest BCUT2D eigenvalue weighted by Gasteiger charge is 2.48. The van der Waals surface area contributed by atoms with Crippen LogP contribution in [0.3, 0.4) is 0 Å². The Morgan fingerprint density at radius 3 is 2.56 bits per heavy atom. The molecular weight excluding hydrogens is 328 g/mol. The Bertz CT molecular complexity index is 621. The molecule has 8 nitrogen and oxygen atoms in total. The molecule has 0 aromatic heterocycles. The van der Waals surface area contributed by atoms with E-state index in [1.165, 1.54) is 0 Å². The zero-order valence-electron chi connectivity index (χ0n) is 14.4. The Morgan fingerprint density at radius 1 is 1.20 bits per heavy atom. The lowest BCUT2D eigenvalue weighted by atomic mass is 10.1. The molecule has 1 amide bonds. The number of amides is 1. The molecule has 3 rings (SSSR count). The van der Waals surface area contributed by atoms with E-state index >= 15 is 0 Å². The first kappa shape index (κ1) is 17.8. The van der Waals surface area contributed by atoms with Crippen molar-refractivity contribution >= 4 is 6.09 Å². The Hall–Kier alpha value is -2.03. The summed E-state index contributed by atoms with van der Waals surface area (Å²) < 4.78 is 16.0. The summed E-state index contributed by atoms with van der Waals surface area (Å²) in [6, 6.07) is 5.12. The fraction of sp³-hybridized carbons (Fsp3) is 0.588.